The molecule has 0 aromatic heterocycles. The highest BCUT2D eigenvalue weighted by atomic mass is 32.2. The van der Waals surface area contributed by atoms with E-state index in [1.807, 2.05) is 0 Å². The number of nitrogens with two attached hydrogens (primary N) is 1. The minimum atomic E-state index is -3.52. The standard InChI is InChI=1S/C6H16N2O4S/c1-2-11-5-6-13(9,10)12-8-4-3-7/h8H,2-7H2,1H3. The van der Waals surface area contributed by atoms with Crippen molar-refractivity contribution in [1.29, 1.82) is 0 Å². The lowest BCUT2D eigenvalue weighted by atomic mass is 10.7. The van der Waals surface area contributed by atoms with Crippen molar-refractivity contribution in [3.05, 3.63) is 0 Å². The summed E-state index contributed by atoms with van der Waals surface area (Å²) in [4.78, 5) is 0. The summed E-state index contributed by atoms with van der Waals surface area (Å²) in [5.74, 6) is -0.154. The second kappa shape index (κ2) is 7.22. The van der Waals surface area contributed by atoms with Gasteiger partial charge in [0, 0.05) is 19.7 Å². The van der Waals surface area contributed by atoms with E-state index in [4.69, 9.17) is 10.5 Å². The average Bonchev–Trinajstić information content (AvgIpc) is 2.05. The Balaban J connectivity index is 3.55. The zero-order chi connectivity index (χ0) is 10.2. The van der Waals surface area contributed by atoms with Gasteiger partial charge in [-0.2, -0.15) is 18.2 Å². The number of ether oxygens (including phenoxy) is 1. The van der Waals surface area contributed by atoms with Gasteiger partial charge < -0.3 is 10.5 Å². The first-order valence-electron chi connectivity index (χ1n) is 4.04. The van der Waals surface area contributed by atoms with E-state index in [0.29, 0.717) is 19.7 Å². The van der Waals surface area contributed by atoms with Gasteiger partial charge in [-0.1, -0.05) is 0 Å². The predicted molar refractivity (Wildman–Crippen MR) is 48.4 cm³/mol. The fraction of sp³-hybridized carbons (Fsp3) is 1.00. The SMILES string of the molecule is CCOCCS(=O)(=O)ONCCN. The van der Waals surface area contributed by atoms with Gasteiger partial charge >= 0.3 is 0 Å². The maximum absolute atomic E-state index is 11.0. The summed E-state index contributed by atoms with van der Waals surface area (Å²) in [5.41, 5.74) is 7.35. The molecule has 0 aromatic carbocycles. The molecule has 0 aliphatic rings. The lowest BCUT2D eigenvalue weighted by molar-refractivity contribution is 0.155. The topological polar surface area (TPSA) is 90.7 Å². The predicted octanol–water partition coefficient (Wildman–Crippen LogP) is -1.17. The second-order valence-corrected chi connectivity index (χ2v) is 3.92. The third-order valence-electron chi connectivity index (χ3n) is 1.11. The molecule has 0 aliphatic carbocycles. The molecule has 0 aliphatic heterocycles. The highest BCUT2D eigenvalue weighted by Crippen LogP contribution is 1.90. The van der Waals surface area contributed by atoms with Crippen LogP contribution < -0.4 is 11.2 Å². The number of hydrogen-bond donors (Lipinski definition) is 2. The van der Waals surface area contributed by atoms with E-state index in [-0.39, 0.29) is 12.4 Å². The molecular formula is C6H16N2O4S. The van der Waals surface area contributed by atoms with E-state index >= 15 is 0 Å². The molecule has 13 heavy (non-hydrogen) atoms. The molecule has 0 saturated heterocycles. The molecule has 0 fully saturated rings. The molecule has 0 unspecified atom stereocenters. The largest absolute Gasteiger partial charge is 0.381 e. The van der Waals surface area contributed by atoms with Gasteiger partial charge in [0.05, 0.1) is 6.61 Å². The van der Waals surface area contributed by atoms with Crippen LogP contribution in [0.15, 0.2) is 0 Å². The van der Waals surface area contributed by atoms with Gasteiger partial charge in [-0.05, 0) is 6.92 Å². The maximum Gasteiger partial charge on any atom is 0.285 e. The van der Waals surface area contributed by atoms with Gasteiger partial charge in [0.2, 0.25) is 0 Å². The first-order valence-corrected chi connectivity index (χ1v) is 5.62. The Bertz CT molecular complexity index is 189. The third-order valence-corrected chi connectivity index (χ3v) is 2.15. The molecule has 80 valence electrons. The van der Waals surface area contributed by atoms with Crippen LogP contribution in [0.1, 0.15) is 6.92 Å². The van der Waals surface area contributed by atoms with Crippen LogP contribution in [0.3, 0.4) is 0 Å². The molecule has 0 radical (unpaired) electrons. The minimum absolute atomic E-state index is 0.142. The van der Waals surface area contributed by atoms with E-state index in [1.54, 1.807) is 6.92 Å². The summed E-state index contributed by atoms with van der Waals surface area (Å²) in [6.07, 6.45) is 0. The van der Waals surface area contributed by atoms with Crippen molar-refractivity contribution in [2.24, 2.45) is 5.73 Å². The van der Waals surface area contributed by atoms with Crippen molar-refractivity contribution >= 4 is 10.1 Å². The van der Waals surface area contributed by atoms with E-state index in [1.165, 1.54) is 0 Å². The Hall–Kier alpha value is -0.210. The molecule has 3 N–H and O–H groups in total. The average molecular weight is 212 g/mol. The monoisotopic (exact) mass is 212 g/mol. The highest BCUT2D eigenvalue weighted by molar-refractivity contribution is 7.86. The minimum Gasteiger partial charge on any atom is -0.381 e. The molecule has 6 nitrogen and oxygen atoms in total. The summed E-state index contributed by atoms with van der Waals surface area (Å²) < 4.78 is 31.2. The van der Waals surface area contributed by atoms with Crippen LogP contribution in [-0.4, -0.2) is 40.5 Å². The number of hydrogen-bond acceptors (Lipinski definition) is 6. The van der Waals surface area contributed by atoms with Crippen LogP contribution in [0.25, 0.3) is 0 Å². The van der Waals surface area contributed by atoms with Crippen LogP contribution in [-0.2, 0) is 19.1 Å². The van der Waals surface area contributed by atoms with Crippen LogP contribution in [0, 0.1) is 0 Å². The molecule has 7 heteroatoms. The first-order chi connectivity index (χ1) is 6.12. The Morgan fingerprint density at radius 3 is 2.69 bits per heavy atom. The van der Waals surface area contributed by atoms with Crippen LogP contribution >= 0.6 is 0 Å². The highest BCUT2D eigenvalue weighted by Gasteiger charge is 2.10. The quantitative estimate of drug-likeness (QED) is 0.389. The smallest absolute Gasteiger partial charge is 0.285 e. The van der Waals surface area contributed by atoms with Gasteiger partial charge in [-0.3, -0.25) is 0 Å². The molecule has 0 amide bonds. The van der Waals surface area contributed by atoms with Crippen molar-refractivity contribution in [3.63, 3.8) is 0 Å². The number of nitrogens with one attached hydrogen (secondary N) is 1. The first kappa shape index (κ1) is 12.8. The van der Waals surface area contributed by atoms with Crippen molar-refractivity contribution in [1.82, 2.24) is 5.48 Å². The molecule has 0 atom stereocenters. The number of rotatable bonds is 8. The van der Waals surface area contributed by atoms with E-state index < -0.39 is 10.1 Å². The Kier molecular flexibility index (Phi) is 7.10. The fourth-order valence-electron chi connectivity index (χ4n) is 0.537. The molecule has 0 bridgehead atoms. The van der Waals surface area contributed by atoms with Crippen molar-refractivity contribution in [2.75, 3.05) is 32.1 Å². The lowest BCUT2D eigenvalue weighted by Gasteiger charge is -2.04. The van der Waals surface area contributed by atoms with Gasteiger partial charge in [-0.15, -0.1) is 0 Å². The third kappa shape index (κ3) is 8.13. The normalized spacial score (nSPS) is 11.8. The zero-order valence-electron chi connectivity index (χ0n) is 7.65. The summed E-state index contributed by atoms with van der Waals surface area (Å²) in [6, 6.07) is 0. The molecular weight excluding hydrogens is 196 g/mol. The van der Waals surface area contributed by atoms with Crippen LogP contribution in [0.5, 0.6) is 0 Å². The van der Waals surface area contributed by atoms with E-state index in [0.717, 1.165) is 0 Å². The number of hydroxylamine groups is 1. The van der Waals surface area contributed by atoms with Gasteiger partial charge in [0.1, 0.15) is 5.75 Å². The molecule has 0 aromatic rings. The molecule has 0 heterocycles. The molecule has 0 spiro atoms. The Morgan fingerprint density at radius 1 is 1.46 bits per heavy atom. The summed E-state index contributed by atoms with van der Waals surface area (Å²) in [6.45, 7) is 3.05. The molecule has 0 rings (SSSR count). The summed E-state index contributed by atoms with van der Waals surface area (Å²) in [7, 11) is -3.52. The Labute approximate surface area is 78.5 Å². The second-order valence-electron chi connectivity index (χ2n) is 2.23. The van der Waals surface area contributed by atoms with Gasteiger partial charge in [0.25, 0.3) is 10.1 Å². The van der Waals surface area contributed by atoms with Crippen molar-refractivity contribution in [2.45, 2.75) is 6.92 Å². The lowest BCUT2D eigenvalue weighted by Crippen LogP contribution is -2.28. The van der Waals surface area contributed by atoms with Crippen LogP contribution in [0.2, 0.25) is 0 Å². The summed E-state index contributed by atoms with van der Waals surface area (Å²) in [5, 5.41) is 0. The van der Waals surface area contributed by atoms with Gasteiger partial charge in [0.15, 0.2) is 0 Å². The fourth-order valence-corrected chi connectivity index (χ4v) is 1.21. The van der Waals surface area contributed by atoms with Gasteiger partial charge in [-0.25, -0.2) is 0 Å². The molecule has 0 saturated carbocycles. The van der Waals surface area contributed by atoms with Crippen molar-refractivity contribution in [3.8, 4) is 0 Å². The maximum atomic E-state index is 11.0. The van der Waals surface area contributed by atoms with E-state index in [2.05, 4.69) is 9.76 Å². The summed E-state index contributed by atoms with van der Waals surface area (Å²) >= 11 is 0. The van der Waals surface area contributed by atoms with Crippen molar-refractivity contribution < 1.29 is 17.4 Å². The zero-order valence-corrected chi connectivity index (χ0v) is 8.47. The van der Waals surface area contributed by atoms with Crippen LogP contribution in [0.4, 0.5) is 0 Å². The Morgan fingerprint density at radius 2 is 2.15 bits per heavy atom. The van der Waals surface area contributed by atoms with E-state index in [9.17, 15) is 8.42 Å².